The largest absolute Gasteiger partial charge is 0.348 e. The van der Waals surface area contributed by atoms with E-state index < -0.39 is 10.0 Å². The summed E-state index contributed by atoms with van der Waals surface area (Å²) in [6.45, 7) is 3.47. The maximum Gasteiger partial charge on any atom is 0.251 e. The average Bonchev–Trinajstić information content (AvgIpc) is 2.78. The van der Waals surface area contributed by atoms with Crippen LogP contribution in [-0.4, -0.2) is 38.9 Å². The Hall–Kier alpha value is -2.66. The molecule has 7 heteroatoms. The standard InChI is InChI=1S/C23H27N3O3S/c1-2-14-25-30(28,29)22-12-10-19(11-13-22)23(27)24-17-20-8-4-5-9-21(20)18-26-15-6-3-7-16-26/h1,4-5,8-13,25H,3,6-7,14-18H2,(H,24,27). The maximum atomic E-state index is 12.5. The van der Waals surface area contributed by atoms with Crippen LogP contribution in [0.15, 0.2) is 53.4 Å². The summed E-state index contributed by atoms with van der Waals surface area (Å²) >= 11 is 0. The first-order valence-corrected chi connectivity index (χ1v) is 11.6. The minimum absolute atomic E-state index is 0.0705. The zero-order valence-corrected chi connectivity index (χ0v) is 17.7. The molecule has 3 rings (SSSR count). The smallest absolute Gasteiger partial charge is 0.251 e. The third kappa shape index (κ3) is 5.92. The highest BCUT2D eigenvalue weighted by molar-refractivity contribution is 7.89. The van der Waals surface area contributed by atoms with E-state index in [9.17, 15) is 13.2 Å². The third-order valence-corrected chi connectivity index (χ3v) is 6.61. The van der Waals surface area contributed by atoms with Crippen LogP contribution in [0.5, 0.6) is 0 Å². The highest BCUT2D eigenvalue weighted by atomic mass is 32.2. The van der Waals surface area contributed by atoms with Crippen molar-refractivity contribution in [3.05, 3.63) is 65.2 Å². The highest BCUT2D eigenvalue weighted by Gasteiger charge is 2.15. The molecule has 0 spiro atoms. The predicted octanol–water partition coefficient (Wildman–Crippen LogP) is 2.51. The Kier molecular flexibility index (Phi) is 7.63. The summed E-state index contributed by atoms with van der Waals surface area (Å²) in [6, 6.07) is 13.9. The number of rotatable bonds is 8. The van der Waals surface area contributed by atoms with E-state index in [1.807, 2.05) is 18.2 Å². The molecule has 1 aliphatic heterocycles. The second-order valence-electron chi connectivity index (χ2n) is 7.34. The van der Waals surface area contributed by atoms with Crippen LogP contribution in [0.2, 0.25) is 0 Å². The number of nitrogens with zero attached hydrogens (tertiary/aromatic N) is 1. The Morgan fingerprint density at radius 2 is 1.67 bits per heavy atom. The zero-order chi connectivity index (χ0) is 21.4. The Balaban J connectivity index is 1.61. The van der Waals surface area contributed by atoms with Gasteiger partial charge in [0.15, 0.2) is 0 Å². The number of carbonyl (C=O) groups is 1. The molecule has 0 atom stereocenters. The van der Waals surface area contributed by atoms with E-state index in [0.29, 0.717) is 12.1 Å². The molecule has 0 aromatic heterocycles. The third-order valence-electron chi connectivity index (χ3n) is 5.19. The second kappa shape index (κ2) is 10.4. The summed E-state index contributed by atoms with van der Waals surface area (Å²) in [5, 5.41) is 2.94. The van der Waals surface area contributed by atoms with E-state index in [2.05, 4.69) is 26.9 Å². The molecule has 1 fully saturated rings. The van der Waals surface area contributed by atoms with Crippen LogP contribution in [-0.2, 0) is 23.1 Å². The van der Waals surface area contributed by atoms with E-state index >= 15 is 0 Å². The van der Waals surface area contributed by atoms with Crippen molar-refractivity contribution in [1.82, 2.24) is 14.9 Å². The lowest BCUT2D eigenvalue weighted by atomic mass is 10.0. The van der Waals surface area contributed by atoms with Crippen molar-refractivity contribution in [3.63, 3.8) is 0 Å². The molecule has 0 bridgehead atoms. The van der Waals surface area contributed by atoms with E-state index in [1.165, 1.54) is 49.1 Å². The molecule has 158 valence electrons. The highest BCUT2D eigenvalue weighted by Crippen LogP contribution is 2.16. The van der Waals surface area contributed by atoms with Crippen LogP contribution < -0.4 is 10.0 Å². The summed E-state index contributed by atoms with van der Waals surface area (Å²) < 4.78 is 26.4. The molecule has 1 aliphatic rings. The number of piperidine rings is 1. The number of amides is 1. The van der Waals surface area contributed by atoms with Gasteiger partial charge in [0.25, 0.3) is 5.91 Å². The van der Waals surface area contributed by atoms with Crippen molar-refractivity contribution in [3.8, 4) is 12.3 Å². The lowest BCUT2D eigenvalue weighted by Gasteiger charge is -2.27. The van der Waals surface area contributed by atoms with Gasteiger partial charge in [-0.05, 0) is 61.3 Å². The summed E-state index contributed by atoms with van der Waals surface area (Å²) in [5.41, 5.74) is 2.72. The Morgan fingerprint density at radius 1 is 1.00 bits per heavy atom. The summed E-state index contributed by atoms with van der Waals surface area (Å²) in [7, 11) is -3.67. The minimum Gasteiger partial charge on any atom is -0.348 e. The van der Waals surface area contributed by atoms with E-state index in [0.717, 1.165) is 25.2 Å². The second-order valence-corrected chi connectivity index (χ2v) is 9.11. The quantitative estimate of drug-likeness (QED) is 0.637. The summed E-state index contributed by atoms with van der Waals surface area (Å²) in [4.78, 5) is 15.1. The minimum atomic E-state index is -3.67. The van der Waals surface area contributed by atoms with Crippen molar-refractivity contribution in [2.75, 3.05) is 19.6 Å². The van der Waals surface area contributed by atoms with Crippen LogP contribution in [0.3, 0.4) is 0 Å². The van der Waals surface area contributed by atoms with E-state index in [-0.39, 0.29) is 17.3 Å². The Labute approximate surface area is 178 Å². The molecule has 30 heavy (non-hydrogen) atoms. The van der Waals surface area contributed by atoms with Gasteiger partial charge in [0.2, 0.25) is 10.0 Å². The number of sulfonamides is 1. The number of hydrogen-bond donors (Lipinski definition) is 2. The molecular formula is C23H27N3O3S. The SMILES string of the molecule is C#CCNS(=O)(=O)c1ccc(C(=O)NCc2ccccc2CN2CCCCC2)cc1. The van der Waals surface area contributed by atoms with Crippen LogP contribution in [0.25, 0.3) is 0 Å². The molecule has 2 aromatic carbocycles. The van der Waals surface area contributed by atoms with Gasteiger partial charge >= 0.3 is 0 Å². The first-order valence-electron chi connectivity index (χ1n) is 10.1. The molecule has 1 amide bonds. The molecule has 2 N–H and O–H groups in total. The number of hydrogen-bond acceptors (Lipinski definition) is 4. The van der Waals surface area contributed by atoms with Crippen LogP contribution in [0, 0.1) is 12.3 Å². The molecule has 0 saturated carbocycles. The molecule has 0 radical (unpaired) electrons. The van der Waals surface area contributed by atoms with Gasteiger partial charge in [0.05, 0.1) is 11.4 Å². The number of nitrogens with one attached hydrogen (secondary N) is 2. The van der Waals surface area contributed by atoms with Gasteiger partial charge in [-0.25, -0.2) is 8.42 Å². The van der Waals surface area contributed by atoms with Crippen molar-refractivity contribution in [2.24, 2.45) is 0 Å². The monoisotopic (exact) mass is 425 g/mol. The molecule has 6 nitrogen and oxygen atoms in total. The average molecular weight is 426 g/mol. The Morgan fingerprint density at radius 3 is 2.33 bits per heavy atom. The van der Waals surface area contributed by atoms with Gasteiger partial charge in [0.1, 0.15) is 0 Å². The van der Waals surface area contributed by atoms with E-state index in [4.69, 9.17) is 6.42 Å². The van der Waals surface area contributed by atoms with Crippen LogP contribution in [0.4, 0.5) is 0 Å². The lowest BCUT2D eigenvalue weighted by molar-refractivity contribution is 0.0950. The first-order chi connectivity index (χ1) is 14.5. The topological polar surface area (TPSA) is 78.5 Å². The van der Waals surface area contributed by atoms with Crippen LogP contribution >= 0.6 is 0 Å². The number of likely N-dealkylation sites (tertiary alicyclic amines) is 1. The number of carbonyl (C=O) groups excluding carboxylic acids is 1. The van der Waals surface area contributed by atoms with Crippen molar-refractivity contribution < 1.29 is 13.2 Å². The Bertz CT molecular complexity index is 1000. The van der Waals surface area contributed by atoms with Gasteiger partial charge in [-0.3, -0.25) is 9.69 Å². The fraction of sp³-hybridized carbons (Fsp3) is 0.348. The van der Waals surface area contributed by atoms with Crippen molar-refractivity contribution in [1.29, 1.82) is 0 Å². The summed E-state index contributed by atoms with van der Waals surface area (Å²) in [5.74, 6) is 1.98. The molecule has 2 aromatic rings. The molecule has 1 saturated heterocycles. The fourth-order valence-corrected chi connectivity index (χ4v) is 4.46. The molecule has 0 aliphatic carbocycles. The molecular weight excluding hydrogens is 398 g/mol. The summed E-state index contributed by atoms with van der Waals surface area (Å²) in [6.07, 6.45) is 8.87. The number of benzene rings is 2. The first kappa shape index (κ1) is 22.0. The predicted molar refractivity (Wildman–Crippen MR) is 117 cm³/mol. The van der Waals surface area contributed by atoms with Gasteiger partial charge < -0.3 is 5.32 Å². The molecule has 1 heterocycles. The van der Waals surface area contributed by atoms with Gasteiger partial charge in [0, 0.05) is 18.7 Å². The lowest BCUT2D eigenvalue weighted by Crippen LogP contribution is -2.30. The van der Waals surface area contributed by atoms with Crippen molar-refractivity contribution >= 4 is 15.9 Å². The van der Waals surface area contributed by atoms with Gasteiger partial charge in [-0.15, -0.1) is 6.42 Å². The normalized spacial score (nSPS) is 14.8. The maximum absolute atomic E-state index is 12.5. The number of terminal acetylenes is 1. The van der Waals surface area contributed by atoms with Crippen LogP contribution in [0.1, 0.15) is 40.7 Å². The molecule has 0 unspecified atom stereocenters. The van der Waals surface area contributed by atoms with Crippen molar-refractivity contribution in [2.45, 2.75) is 37.2 Å². The van der Waals surface area contributed by atoms with Gasteiger partial charge in [-0.2, -0.15) is 4.72 Å². The van der Waals surface area contributed by atoms with Gasteiger partial charge in [-0.1, -0.05) is 36.6 Å². The van der Waals surface area contributed by atoms with E-state index in [1.54, 1.807) is 0 Å². The fourth-order valence-electron chi connectivity index (χ4n) is 3.53. The zero-order valence-electron chi connectivity index (χ0n) is 16.9.